The Labute approximate surface area is 149 Å². The van der Waals surface area contributed by atoms with Crippen molar-refractivity contribution < 1.29 is 9.47 Å². The summed E-state index contributed by atoms with van der Waals surface area (Å²) in [6.45, 7) is 3.68. The van der Waals surface area contributed by atoms with Crippen molar-refractivity contribution in [3.8, 4) is 22.6 Å². The van der Waals surface area contributed by atoms with Gasteiger partial charge in [0.1, 0.15) is 24.7 Å². The molecule has 0 fully saturated rings. The normalized spacial score (nSPS) is 10.5. The summed E-state index contributed by atoms with van der Waals surface area (Å²) in [7, 11) is 0. The summed E-state index contributed by atoms with van der Waals surface area (Å²) < 4.78 is 11.5. The molecule has 0 aliphatic carbocycles. The van der Waals surface area contributed by atoms with Crippen molar-refractivity contribution in [2.45, 2.75) is 13.5 Å². The summed E-state index contributed by atoms with van der Waals surface area (Å²) >= 11 is 0. The molecule has 128 valence electrons. The van der Waals surface area contributed by atoms with Gasteiger partial charge in [-0.25, -0.2) is 0 Å². The number of hydrogen-bond acceptors (Lipinski definition) is 3. The standard InChI is InChI=1S/C22H23NO2/c1-17-15-20(9-12-22(17)24-14-13-23)19-7-10-21(11-8-19)25-16-18-5-3-2-4-6-18/h2-12,15H,13-14,16,23H2,1H3. The maximum Gasteiger partial charge on any atom is 0.122 e. The molecular formula is C22H23NO2. The number of aryl methyl sites for hydroxylation is 1. The van der Waals surface area contributed by atoms with Crippen molar-refractivity contribution in [3.63, 3.8) is 0 Å². The molecule has 25 heavy (non-hydrogen) atoms. The van der Waals surface area contributed by atoms with E-state index in [1.165, 1.54) is 0 Å². The van der Waals surface area contributed by atoms with E-state index in [9.17, 15) is 0 Å². The highest BCUT2D eigenvalue weighted by Gasteiger charge is 2.04. The van der Waals surface area contributed by atoms with E-state index in [2.05, 4.69) is 36.4 Å². The lowest BCUT2D eigenvalue weighted by molar-refractivity contribution is 0.306. The second kappa shape index (κ2) is 8.36. The molecule has 0 saturated carbocycles. The molecule has 3 heteroatoms. The van der Waals surface area contributed by atoms with E-state index in [1.54, 1.807) is 0 Å². The summed E-state index contributed by atoms with van der Waals surface area (Å²) in [4.78, 5) is 0. The zero-order valence-corrected chi connectivity index (χ0v) is 14.4. The van der Waals surface area contributed by atoms with Crippen molar-refractivity contribution in [2.75, 3.05) is 13.2 Å². The van der Waals surface area contributed by atoms with Crippen LogP contribution in [0.1, 0.15) is 11.1 Å². The van der Waals surface area contributed by atoms with Crippen LogP contribution in [0.5, 0.6) is 11.5 Å². The van der Waals surface area contributed by atoms with E-state index < -0.39 is 0 Å². The van der Waals surface area contributed by atoms with Crippen molar-refractivity contribution in [1.29, 1.82) is 0 Å². The molecule has 0 atom stereocenters. The molecule has 3 aromatic carbocycles. The first-order valence-electron chi connectivity index (χ1n) is 8.47. The van der Waals surface area contributed by atoms with Crippen LogP contribution >= 0.6 is 0 Å². The topological polar surface area (TPSA) is 44.5 Å². The Balaban J connectivity index is 1.66. The predicted molar refractivity (Wildman–Crippen MR) is 102 cm³/mol. The smallest absolute Gasteiger partial charge is 0.122 e. The minimum absolute atomic E-state index is 0.519. The molecule has 0 amide bonds. The molecule has 0 aromatic heterocycles. The fraction of sp³-hybridized carbons (Fsp3) is 0.182. The second-order valence-corrected chi connectivity index (χ2v) is 5.92. The zero-order chi connectivity index (χ0) is 17.5. The molecule has 0 unspecified atom stereocenters. The fourth-order valence-corrected chi connectivity index (χ4v) is 2.64. The second-order valence-electron chi connectivity index (χ2n) is 5.92. The lowest BCUT2D eigenvalue weighted by atomic mass is 10.0. The van der Waals surface area contributed by atoms with Crippen LogP contribution in [0.15, 0.2) is 72.8 Å². The summed E-state index contributed by atoms with van der Waals surface area (Å²) in [5, 5.41) is 0. The van der Waals surface area contributed by atoms with Crippen molar-refractivity contribution >= 4 is 0 Å². The average molecular weight is 333 g/mol. The number of benzene rings is 3. The first-order chi connectivity index (χ1) is 12.3. The molecule has 2 N–H and O–H groups in total. The first kappa shape index (κ1) is 17.1. The molecule has 3 rings (SSSR count). The Bertz CT molecular complexity index is 798. The van der Waals surface area contributed by atoms with E-state index in [0.717, 1.165) is 33.8 Å². The van der Waals surface area contributed by atoms with Crippen LogP contribution in [0, 0.1) is 6.92 Å². The summed E-state index contributed by atoms with van der Waals surface area (Å²) in [5.41, 5.74) is 10.1. The maximum absolute atomic E-state index is 5.84. The Kier molecular flexibility index (Phi) is 5.70. The first-order valence-corrected chi connectivity index (χ1v) is 8.47. The van der Waals surface area contributed by atoms with Crippen molar-refractivity contribution in [1.82, 2.24) is 0 Å². The van der Waals surface area contributed by atoms with E-state index in [0.29, 0.717) is 19.8 Å². The minimum atomic E-state index is 0.519. The molecule has 0 aliphatic rings. The van der Waals surface area contributed by atoms with Crippen LogP contribution in [0.2, 0.25) is 0 Å². The van der Waals surface area contributed by atoms with Gasteiger partial charge in [0.05, 0.1) is 0 Å². The molecular weight excluding hydrogens is 310 g/mol. The largest absolute Gasteiger partial charge is 0.492 e. The van der Waals surface area contributed by atoms with Crippen LogP contribution in [-0.2, 0) is 6.61 Å². The molecule has 0 bridgehead atoms. The summed E-state index contributed by atoms with van der Waals surface area (Å²) in [5.74, 6) is 1.75. The van der Waals surface area contributed by atoms with Gasteiger partial charge in [-0.2, -0.15) is 0 Å². The van der Waals surface area contributed by atoms with Gasteiger partial charge >= 0.3 is 0 Å². The molecule has 3 aromatic rings. The molecule has 0 radical (unpaired) electrons. The fourth-order valence-electron chi connectivity index (χ4n) is 2.64. The minimum Gasteiger partial charge on any atom is -0.492 e. The molecule has 0 saturated heterocycles. The van der Waals surface area contributed by atoms with E-state index in [4.69, 9.17) is 15.2 Å². The van der Waals surface area contributed by atoms with Gasteiger partial charge in [-0.15, -0.1) is 0 Å². The number of nitrogens with two attached hydrogens (primary N) is 1. The highest BCUT2D eigenvalue weighted by molar-refractivity contribution is 5.66. The highest BCUT2D eigenvalue weighted by Crippen LogP contribution is 2.27. The summed E-state index contributed by atoms with van der Waals surface area (Å²) in [6, 6.07) is 24.5. The Hall–Kier alpha value is -2.78. The maximum atomic E-state index is 5.84. The van der Waals surface area contributed by atoms with Gasteiger partial charge in [0.25, 0.3) is 0 Å². The third-order valence-corrected chi connectivity index (χ3v) is 3.99. The van der Waals surface area contributed by atoms with Gasteiger partial charge in [0.15, 0.2) is 0 Å². The number of rotatable bonds is 7. The van der Waals surface area contributed by atoms with Crippen molar-refractivity contribution in [3.05, 3.63) is 83.9 Å². The molecule has 0 aliphatic heterocycles. The highest BCUT2D eigenvalue weighted by atomic mass is 16.5. The van der Waals surface area contributed by atoms with Crippen LogP contribution in [0.4, 0.5) is 0 Å². The van der Waals surface area contributed by atoms with Gasteiger partial charge in [-0.05, 0) is 53.4 Å². The Morgan fingerprint density at radius 3 is 2.20 bits per heavy atom. The quantitative estimate of drug-likeness (QED) is 0.688. The van der Waals surface area contributed by atoms with Crippen molar-refractivity contribution in [2.24, 2.45) is 5.73 Å². The lowest BCUT2D eigenvalue weighted by Crippen LogP contribution is -2.11. The Morgan fingerprint density at radius 1 is 0.800 bits per heavy atom. The van der Waals surface area contributed by atoms with Gasteiger partial charge in [-0.3, -0.25) is 0 Å². The average Bonchev–Trinajstić information content (AvgIpc) is 2.67. The predicted octanol–water partition coefficient (Wildman–Crippen LogP) is 4.58. The van der Waals surface area contributed by atoms with Crippen LogP contribution in [0.3, 0.4) is 0 Å². The number of ether oxygens (including phenoxy) is 2. The van der Waals surface area contributed by atoms with Gasteiger partial charge < -0.3 is 15.2 Å². The van der Waals surface area contributed by atoms with Crippen LogP contribution in [0.25, 0.3) is 11.1 Å². The monoisotopic (exact) mass is 333 g/mol. The van der Waals surface area contributed by atoms with Gasteiger partial charge in [-0.1, -0.05) is 48.5 Å². The van der Waals surface area contributed by atoms with Gasteiger partial charge in [0.2, 0.25) is 0 Å². The van der Waals surface area contributed by atoms with E-state index >= 15 is 0 Å². The SMILES string of the molecule is Cc1cc(-c2ccc(OCc3ccccc3)cc2)ccc1OCCN. The lowest BCUT2D eigenvalue weighted by Gasteiger charge is -2.11. The molecule has 0 heterocycles. The number of hydrogen-bond donors (Lipinski definition) is 1. The van der Waals surface area contributed by atoms with Crippen LogP contribution < -0.4 is 15.2 Å². The molecule has 3 nitrogen and oxygen atoms in total. The zero-order valence-electron chi connectivity index (χ0n) is 14.4. The van der Waals surface area contributed by atoms with E-state index in [1.807, 2.05) is 43.3 Å². The van der Waals surface area contributed by atoms with E-state index in [-0.39, 0.29) is 0 Å². The summed E-state index contributed by atoms with van der Waals surface area (Å²) in [6.07, 6.45) is 0. The van der Waals surface area contributed by atoms with Crippen LogP contribution in [-0.4, -0.2) is 13.2 Å². The molecule has 0 spiro atoms. The third-order valence-electron chi connectivity index (χ3n) is 3.99. The Morgan fingerprint density at radius 2 is 1.52 bits per heavy atom. The van der Waals surface area contributed by atoms with Gasteiger partial charge in [0, 0.05) is 6.54 Å². The third kappa shape index (κ3) is 4.61.